The lowest BCUT2D eigenvalue weighted by Gasteiger charge is -2.22. The maximum atomic E-state index is 10.1. The first-order chi connectivity index (χ1) is 9.69. The summed E-state index contributed by atoms with van der Waals surface area (Å²) in [7, 11) is 0. The molecule has 1 aliphatic carbocycles. The van der Waals surface area contributed by atoms with Gasteiger partial charge in [-0.05, 0) is 61.9 Å². The van der Waals surface area contributed by atoms with Crippen LogP contribution < -0.4 is 10.5 Å². The first kappa shape index (κ1) is 15.3. The Balaban J connectivity index is 1.96. The van der Waals surface area contributed by atoms with Crippen molar-refractivity contribution >= 4 is 0 Å². The summed E-state index contributed by atoms with van der Waals surface area (Å²) in [5.41, 5.74) is 7.54. The summed E-state index contributed by atoms with van der Waals surface area (Å²) in [6.45, 7) is 3.33. The fourth-order valence-corrected chi connectivity index (χ4v) is 2.94. The molecule has 3 N–H and O–H groups in total. The van der Waals surface area contributed by atoms with E-state index >= 15 is 0 Å². The summed E-state index contributed by atoms with van der Waals surface area (Å²) in [6, 6.07) is 6.01. The standard InChI is InChI=1S/C17H27NO2/c1-13-9-15(17(19)7-8-18)11-16(10-13)20-12-14-5-3-2-4-6-14/h9-11,14,17,19H,2-8,12,18H2,1H3/t17-/m1/s1. The second kappa shape index (κ2) is 7.65. The number of rotatable bonds is 6. The largest absolute Gasteiger partial charge is 0.493 e. The highest BCUT2D eigenvalue weighted by molar-refractivity contribution is 5.35. The van der Waals surface area contributed by atoms with Crippen molar-refractivity contribution in [2.75, 3.05) is 13.2 Å². The quantitative estimate of drug-likeness (QED) is 0.838. The first-order valence-electron chi connectivity index (χ1n) is 7.81. The zero-order chi connectivity index (χ0) is 14.4. The van der Waals surface area contributed by atoms with E-state index in [4.69, 9.17) is 10.5 Å². The molecule has 2 rings (SSSR count). The molecule has 1 aliphatic rings. The van der Waals surface area contributed by atoms with E-state index in [9.17, 15) is 5.11 Å². The van der Waals surface area contributed by atoms with Gasteiger partial charge in [-0.25, -0.2) is 0 Å². The maximum absolute atomic E-state index is 10.1. The second-order valence-electron chi connectivity index (χ2n) is 5.99. The lowest BCUT2D eigenvalue weighted by molar-refractivity contribution is 0.168. The van der Waals surface area contributed by atoms with Crippen molar-refractivity contribution in [3.63, 3.8) is 0 Å². The number of benzene rings is 1. The molecule has 0 spiro atoms. The molecule has 0 saturated heterocycles. The number of aliphatic hydroxyl groups is 1. The van der Waals surface area contributed by atoms with Crippen LogP contribution >= 0.6 is 0 Å². The van der Waals surface area contributed by atoms with E-state index in [0.29, 0.717) is 18.9 Å². The number of aliphatic hydroxyl groups excluding tert-OH is 1. The van der Waals surface area contributed by atoms with E-state index in [1.807, 2.05) is 25.1 Å². The van der Waals surface area contributed by atoms with Gasteiger partial charge in [0.2, 0.25) is 0 Å². The topological polar surface area (TPSA) is 55.5 Å². The lowest BCUT2D eigenvalue weighted by atomic mass is 9.90. The molecule has 1 fully saturated rings. The highest BCUT2D eigenvalue weighted by Gasteiger charge is 2.15. The van der Waals surface area contributed by atoms with Gasteiger partial charge in [0.25, 0.3) is 0 Å². The fraction of sp³-hybridized carbons (Fsp3) is 0.647. The SMILES string of the molecule is Cc1cc(OCC2CCCCC2)cc([C@H](O)CCN)c1. The molecule has 1 atom stereocenters. The van der Waals surface area contributed by atoms with E-state index in [-0.39, 0.29) is 0 Å². The summed E-state index contributed by atoms with van der Waals surface area (Å²) >= 11 is 0. The molecule has 0 bridgehead atoms. The molecule has 1 saturated carbocycles. The predicted molar refractivity (Wildman–Crippen MR) is 81.9 cm³/mol. The molecule has 3 nitrogen and oxygen atoms in total. The van der Waals surface area contributed by atoms with Crippen molar-refractivity contribution in [2.45, 2.75) is 51.6 Å². The van der Waals surface area contributed by atoms with Crippen molar-refractivity contribution in [2.24, 2.45) is 11.7 Å². The van der Waals surface area contributed by atoms with Gasteiger partial charge < -0.3 is 15.6 Å². The van der Waals surface area contributed by atoms with Crippen LogP contribution in [0.1, 0.15) is 55.8 Å². The van der Waals surface area contributed by atoms with Crippen LogP contribution in [0, 0.1) is 12.8 Å². The Bertz CT molecular complexity index is 413. The van der Waals surface area contributed by atoms with Gasteiger partial charge in [-0.3, -0.25) is 0 Å². The van der Waals surface area contributed by atoms with Crippen LogP contribution in [0.25, 0.3) is 0 Å². The Morgan fingerprint density at radius 2 is 2.00 bits per heavy atom. The minimum atomic E-state index is -0.489. The van der Waals surface area contributed by atoms with Crippen LogP contribution in [-0.2, 0) is 0 Å². The molecule has 20 heavy (non-hydrogen) atoms. The van der Waals surface area contributed by atoms with Crippen molar-refractivity contribution in [1.29, 1.82) is 0 Å². The van der Waals surface area contributed by atoms with Crippen LogP contribution in [0.4, 0.5) is 0 Å². The number of aryl methyl sites for hydroxylation is 1. The molecule has 0 aliphatic heterocycles. The zero-order valence-corrected chi connectivity index (χ0v) is 12.5. The Morgan fingerprint density at radius 3 is 2.70 bits per heavy atom. The fourth-order valence-electron chi connectivity index (χ4n) is 2.94. The molecule has 0 radical (unpaired) electrons. The summed E-state index contributed by atoms with van der Waals surface area (Å²) in [4.78, 5) is 0. The normalized spacial score (nSPS) is 17.9. The summed E-state index contributed by atoms with van der Waals surface area (Å²) in [6.07, 6.45) is 6.71. The van der Waals surface area contributed by atoms with Gasteiger partial charge in [0, 0.05) is 0 Å². The molecule has 3 heteroatoms. The molecule has 0 amide bonds. The summed E-state index contributed by atoms with van der Waals surface area (Å²) in [5, 5.41) is 10.1. The van der Waals surface area contributed by atoms with Crippen molar-refractivity contribution < 1.29 is 9.84 Å². The predicted octanol–water partition coefficient (Wildman–Crippen LogP) is 3.34. The second-order valence-corrected chi connectivity index (χ2v) is 5.99. The minimum absolute atomic E-state index is 0.489. The zero-order valence-electron chi connectivity index (χ0n) is 12.5. The third kappa shape index (κ3) is 4.50. The van der Waals surface area contributed by atoms with Gasteiger partial charge in [0.05, 0.1) is 12.7 Å². The number of hydrogen-bond donors (Lipinski definition) is 2. The Kier molecular flexibility index (Phi) is 5.86. The number of hydrogen-bond acceptors (Lipinski definition) is 3. The van der Waals surface area contributed by atoms with Gasteiger partial charge in [-0.1, -0.05) is 25.3 Å². The Morgan fingerprint density at radius 1 is 1.25 bits per heavy atom. The number of nitrogens with two attached hydrogens (primary N) is 1. The first-order valence-corrected chi connectivity index (χ1v) is 7.81. The van der Waals surface area contributed by atoms with E-state index in [1.165, 1.54) is 32.1 Å². The molecule has 112 valence electrons. The Hall–Kier alpha value is -1.06. The minimum Gasteiger partial charge on any atom is -0.493 e. The van der Waals surface area contributed by atoms with Gasteiger partial charge in [-0.2, -0.15) is 0 Å². The average Bonchev–Trinajstić information content (AvgIpc) is 2.46. The molecule has 1 aromatic rings. The van der Waals surface area contributed by atoms with Crippen molar-refractivity contribution in [1.82, 2.24) is 0 Å². The molecular formula is C17H27NO2. The van der Waals surface area contributed by atoms with Crippen molar-refractivity contribution in [3.05, 3.63) is 29.3 Å². The van der Waals surface area contributed by atoms with Crippen LogP contribution in [0.5, 0.6) is 5.75 Å². The van der Waals surface area contributed by atoms with Crippen LogP contribution in [-0.4, -0.2) is 18.3 Å². The maximum Gasteiger partial charge on any atom is 0.119 e. The van der Waals surface area contributed by atoms with Gasteiger partial charge >= 0.3 is 0 Å². The Labute approximate surface area is 122 Å². The van der Waals surface area contributed by atoms with E-state index < -0.39 is 6.10 Å². The van der Waals surface area contributed by atoms with E-state index in [0.717, 1.165) is 23.5 Å². The van der Waals surface area contributed by atoms with Gasteiger partial charge in [0.15, 0.2) is 0 Å². The van der Waals surface area contributed by atoms with Crippen LogP contribution in [0.3, 0.4) is 0 Å². The molecule has 0 aromatic heterocycles. The highest BCUT2D eigenvalue weighted by Crippen LogP contribution is 2.27. The molecular weight excluding hydrogens is 250 g/mol. The molecule has 0 unspecified atom stereocenters. The number of ether oxygens (including phenoxy) is 1. The van der Waals surface area contributed by atoms with E-state index in [2.05, 4.69) is 0 Å². The molecule has 1 aromatic carbocycles. The summed E-state index contributed by atoms with van der Waals surface area (Å²) in [5.74, 6) is 1.57. The van der Waals surface area contributed by atoms with Crippen LogP contribution in [0.2, 0.25) is 0 Å². The lowest BCUT2D eigenvalue weighted by Crippen LogP contribution is -2.15. The van der Waals surface area contributed by atoms with Gasteiger partial charge in [0.1, 0.15) is 5.75 Å². The average molecular weight is 277 g/mol. The van der Waals surface area contributed by atoms with E-state index in [1.54, 1.807) is 0 Å². The highest BCUT2D eigenvalue weighted by atomic mass is 16.5. The smallest absolute Gasteiger partial charge is 0.119 e. The van der Waals surface area contributed by atoms with Gasteiger partial charge in [-0.15, -0.1) is 0 Å². The van der Waals surface area contributed by atoms with Crippen LogP contribution in [0.15, 0.2) is 18.2 Å². The summed E-state index contributed by atoms with van der Waals surface area (Å²) < 4.78 is 5.95. The third-order valence-electron chi connectivity index (χ3n) is 4.11. The third-order valence-corrected chi connectivity index (χ3v) is 4.11. The monoisotopic (exact) mass is 277 g/mol. The van der Waals surface area contributed by atoms with Crippen molar-refractivity contribution in [3.8, 4) is 5.75 Å². The molecule has 0 heterocycles.